The van der Waals surface area contributed by atoms with Crippen LogP contribution in [0, 0.1) is 0 Å². The van der Waals surface area contributed by atoms with Gasteiger partial charge < -0.3 is 0 Å². The van der Waals surface area contributed by atoms with Crippen LogP contribution in [0.1, 0.15) is 0 Å². The summed E-state index contributed by atoms with van der Waals surface area (Å²) in [5.74, 6) is 0. The van der Waals surface area contributed by atoms with Crippen molar-refractivity contribution < 1.29 is 0 Å². The Bertz CT molecular complexity index is 6.00. The SMILES string of the molecule is Br.CBC. The molecule has 0 aromatic rings. The van der Waals surface area contributed by atoms with Gasteiger partial charge in [0.25, 0.3) is 0 Å². The second kappa shape index (κ2) is 9.62. The third kappa shape index (κ3) is 20.5. The summed E-state index contributed by atoms with van der Waals surface area (Å²) in [6.07, 6.45) is 0. The van der Waals surface area contributed by atoms with E-state index in [-0.39, 0.29) is 17.0 Å². The molecule has 2 heteroatoms. The molecule has 0 aliphatic rings. The minimum atomic E-state index is 0. The molecule has 0 aromatic carbocycles. The molecule has 0 unspecified atom stereocenters. The Balaban J connectivity index is 0. The van der Waals surface area contributed by atoms with E-state index in [4.69, 9.17) is 0 Å². The average molecular weight is 123 g/mol. The highest BCUT2D eigenvalue weighted by molar-refractivity contribution is 8.93. The molecule has 0 bridgehead atoms. The van der Waals surface area contributed by atoms with Crippen LogP contribution in [-0.4, -0.2) is 7.28 Å². The highest BCUT2D eigenvalue weighted by Gasteiger charge is 1.43. The third-order valence-corrected chi connectivity index (χ3v) is 0. The van der Waals surface area contributed by atoms with Crippen LogP contribution in [-0.2, 0) is 0 Å². The standard InChI is InChI=1S/C2H7B.BrH/c1-3-2;/h3H,1-2H3;1H. The van der Waals surface area contributed by atoms with Gasteiger partial charge in [-0.2, -0.15) is 0 Å². The van der Waals surface area contributed by atoms with Crippen molar-refractivity contribution in [3.05, 3.63) is 0 Å². The maximum atomic E-state index is 2.12. The topological polar surface area (TPSA) is 0 Å². The maximum absolute atomic E-state index is 2.12. The Morgan fingerprint density at radius 3 is 1.25 bits per heavy atom. The average Bonchev–Trinajstić information content (AvgIpc) is 0.918. The molecule has 0 amide bonds. The number of halogens is 1. The molecular formula is C2H8BBr. The quantitative estimate of drug-likeness (QED) is 0.423. The molecule has 0 saturated heterocycles. The zero-order valence-electron chi connectivity index (χ0n) is 3.12. The highest BCUT2D eigenvalue weighted by Crippen LogP contribution is 1.36. The Morgan fingerprint density at radius 1 is 1.25 bits per heavy atom. The normalized spacial score (nSPS) is 3.50. The minimum absolute atomic E-state index is 0. The van der Waals surface area contributed by atoms with Crippen LogP contribution in [0.15, 0.2) is 0 Å². The zero-order valence-corrected chi connectivity index (χ0v) is 4.83. The molecule has 0 aliphatic carbocycles. The summed E-state index contributed by atoms with van der Waals surface area (Å²) >= 11 is 0. The summed E-state index contributed by atoms with van der Waals surface area (Å²) in [5.41, 5.74) is 0. The fraction of sp³-hybridized carbons (Fsp3) is 1.00. The first-order valence-electron chi connectivity index (χ1n) is 1.41. The van der Waals surface area contributed by atoms with Crippen LogP contribution in [0.5, 0.6) is 0 Å². The fourth-order valence-electron chi connectivity index (χ4n) is 0. The predicted molar refractivity (Wildman–Crippen MR) is 29.2 cm³/mol. The molecule has 0 rings (SSSR count). The van der Waals surface area contributed by atoms with Gasteiger partial charge in [-0.3, -0.25) is 0 Å². The van der Waals surface area contributed by atoms with Crippen molar-refractivity contribution in [1.29, 1.82) is 0 Å². The molecule has 0 saturated carbocycles. The lowest BCUT2D eigenvalue weighted by atomic mass is 9.88. The Labute approximate surface area is 38.6 Å². The van der Waals surface area contributed by atoms with E-state index in [9.17, 15) is 0 Å². The van der Waals surface area contributed by atoms with E-state index < -0.39 is 0 Å². The molecule has 0 nitrogen and oxygen atoms in total. The van der Waals surface area contributed by atoms with Crippen molar-refractivity contribution in [3.63, 3.8) is 0 Å². The minimum Gasteiger partial charge on any atom is -0.114 e. The molecule has 0 atom stereocenters. The Hall–Kier alpha value is 0.545. The van der Waals surface area contributed by atoms with Gasteiger partial charge in [-0.1, -0.05) is 13.6 Å². The van der Waals surface area contributed by atoms with E-state index in [0.717, 1.165) is 0 Å². The van der Waals surface area contributed by atoms with E-state index in [1.165, 1.54) is 7.28 Å². The van der Waals surface area contributed by atoms with Crippen molar-refractivity contribution in [3.8, 4) is 0 Å². The highest BCUT2D eigenvalue weighted by atomic mass is 79.9. The van der Waals surface area contributed by atoms with Gasteiger partial charge in [0.2, 0.25) is 0 Å². The summed E-state index contributed by atoms with van der Waals surface area (Å²) in [6.45, 7) is 4.25. The van der Waals surface area contributed by atoms with E-state index in [2.05, 4.69) is 13.6 Å². The van der Waals surface area contributed by atoms with Crippen LogP contribution >= 0.6 is 17.0 Å². The van der Waals surface area contributed by atoms with Crippen molar-refractivity contribution >= 4 is 24.3 Å². The molecule has 26 valence electrons. The monoisotopic (exact) mass is 122 g/mol. The van der Waals surface area contributed by atoms with Crippen LogP contribution < -0.4 is 0 Å². The largest absolute Gasteiger partial charge is 0.114 e. The lowest BCUT2D eigenvalue weighted by molar-refractivity contribution is 2.14. The molecule has 0 radical (unpaired) electrons. The molecular weight excluding hydrogens is 115 g/mol. The predicted octanol–water partition coefficient (Wildman–Crippen LogP) is 1.10. The fourth-order valence-corrected chi connectivity index (χ4v) is 0. The second-order valence-corrected chi connectivity index (χ2v) is 0.707. The molecule has 0 aliphatic heterocycles. The van der Waals surface area contributed by atoms with E-state index in [0.29, 0.717) is 0 Å². The van der Waals surface area contributed by atoms with Crippen molar-refractivity contribution in [2.24, 2.45) is 0 Å². The van der Waals surface area contributed by atoms with Gasteiger partial charge >= 0.3 is 0 Å². The summed E-state index contributed by atoms with van der Waals surface area (Å²) in [5, 5.41) is 0. The molecule has 0 spiro atoms. The van der Waals surface area contributed by atoms with Gasteiger partial charge in [0, 0.05) is 0 Å². The zero-order chi connectivity index (χ0) is 2.71. The number of hydrogen-bond acceptors (Lipinski definition) is 0. The first kappa shape index (κ1) is 8.82. The lowest BCUT2D eigenvalue weighted by Gasteiger charge is -1.41. The van der Waals surface area contributed by atoms with E-state index >= 15 is 0 Å². The van der Waals surface area contributed by atoms with Crippen LogP contribution in [0.2, 0.25) is 13.6 Å². The van der Waals surface area contributed by atoms with Gasteiger partial charge in [0.15, 0.2) is 0 Å². The Morgan fingerprint density at radius 2 is 1.25 bits per heavy atom. The van der Waals surface area contributed by atoms with Crippen molar-refractivity contribution in [2.75, 3.05) is 0 Å². The molecule has 0 N–H and O–H groups in total. The van der Waals surface area contributed by atoms with Crippen LogP contribution in [0.3, 0.4) is 0 Å². The summed E-state index contributed by atoms with van der Waals surface area (Å²) in [4.78, 5) is 0. The first-order chi connectivity index (χ1) is 1.41. The third-order valence-electron chi connectivity index (χ3n) is 0. The maximum Gasteiger partial charge on any atom is 0.114 e. The van der Waals surface area contributed by atoms with Gasteiger partial charge in [-0.15, -0.1) is 17.0 Å². The van der Waals surface area contributed by atoms with Crippen molar-refractivity contribution in [2.45, 2.75) is 13.6 Å². The molecule has 4 heavy (non-hydrogen) atoms. The first-order valence-corrected chi connectivity index (χ1v) is 1.41. The van der Waals surface area contributed by atoms with Crippen LogP contribution in [0.25, 0.3) is 0 Å². The number of rotatable bonds is 0. The van der Waals surface area contributed by atoms with Gasteiger partial charge in [-0.05, 0) is 0 Å². The van der Waals surface area contributed by atoms with Gasteiger partial charge in [0.05, 0.1) is 0 Å². The summed E-state index contributed by atoms with van der Waals surface area (Å²) < 4.78 is 0. The van der Waals surface area contributed by atoms with E-state index in [1.807, 2.05) is 0 Å². The van der Waals surface area contributed by atoms with Gasteiger partial charge in [0.1, 0.15) is 7.28 Å². The smallest absolute Gasteiger partial charge is 0.114 e. The Kier molecular flexibility index (Phi) is 21.2. The molecule has 0 fully saturated rings. The van der Waals surface area contributed by atoms with Crippen LogP contribution in [0.4, 0.5) is 0 Å². The lowest BCUT2D eigenvalue weighted by Crippen LogP contribution is -1.53. The summed E-state index contributed by atoms with van der Waals surface area (Å²) in [6, 6.07) is 0. The van der Waals surface area contributed by atoms with Crippen molar-refractivity contribution in [1.82, 2.24) is 0 Å². The van der Waals surface area contributed by atoms with Gasteiger partial charge in [-0.25, -0.2) is 0 Å². The molecule has 0 aromatic heterocycles. The van der Waals surface area contributed by atoms with E-state index in [1.54, 1.807) is 0 Å². The molecule has 0 heterocycles. The number of hydrogen-bond donors (Lipinski definition) is 0. The summed E-state index contributed by atoms with van der Waals surface area (Å²) in [7, 11) is 1.25. The second-order valence-electron chi connectivity index (χ2n) is 0.707.